The number of nitrogens with zero attached hydrogens (tertiary/aromatic N) is 5. The summed E-state index contributed by atoms with van der Waals surface area (Å²) in [5.74, 6) is -0.311. The summed E-state index contributed by atoms with van der Waals surface area (Å²) in [6.45, 7) is 7.74. The molecule has 30 heavy (non-hydrogen) atoms. The van der Waals surface area contributed by atoms with Crippen molar-refractivity contribution in [1.29, 1.82) is 0 Å². The van der Waals surface area contributed by atoms with E-state index in [2.05, 4.69) is 26.7 Å². The second kappa shape index (κ2) is 7.55. The smallest absolute Gasteiger partial charge is 0.284 e. The summed E-state index contributed by atoms with van der Waals surface area (Å²) >= 11 is 0. The van der Waals surface area contributed by atoms with Gasteiger partial charge in [-0.1, -0.05) is 23.4 Å². The predicted octanol–water partition coefficient (Wildman–Crippen LogP) is 2.85. The highest BCUT2D eigenvalue weighted by molar-refractivity contribution is 5.91. The zero-order chi connectivity index (χ0) is 21.4. The van der Waals surface area contributed by atoms with E-state index < -0.39 is 5.56 Å². The first kappa shape index (κ1) is 19.5. The fourth-order valence-electron chi connectivity index (χ4n) is 3.43. The molecule has 2 aromatic carbocycles. The summed E-state index contributed by atoms with van der Waals surface area (Å²) < 4.78 is 2.78. The van der Waals surface area contributed by atoms with Gasteiger partial charge in [-0.25, -0.2) is 4.98 Å². The third-order valence-corrected chi connectivity index (χ3v) is 5.07. The van der Waals surface area contributed by atoms with Crippen molar-refractivity contribution >= 4 is 22.8 Å². The molecule has 0 fully saturated rings. The minimum atomic E-state index is -0.410. The molecular formula is C22H22N6O2. The summed E-state index contributed by atoms with van der Waals surface area (Å²) in [7, 11) is 0. The van der Waals surface area contributed by atoms with Gasteiger partial charge in [0.2, 0.25) is 5.91 Å². The van der Waals surface area contributed by atoms with Crippen LogP contribution in [0.3, 0.4) is 0 Å². The minimum absolute atomic E-state index is 0.121. The van der Waals surface area contributed by atoms with Gasteiger partial charge >= 0.3 is 0 Å². The predicted molar refractivity (Wildman–Crippen MR) is 115 cm³/mol. The van der Waals surface area contributed by atoms with Gasteiger partial charge in [-0.3, -0.25) is 14.2 Å². The third kappa shape index (κ3) is 3.59. The van der Waals surface area contributed by atoms with Crippen LogP contribution in [0.25, 0.3) is 16.9 Å². The molecule has 0 saturated heterocycles. The lowest BCUT2D eigenvalue weighted by atomic mass is 10.1. The maximum absolute atomic E-state index is 12.8. The zero-order valence-corrected chi connectivity index (χ0v) is 17.3. The number of benzene rings is 2. The molecule has 0 saturated carbocycles. The van der Waals surface area contributed by atoms with Gasteiger partial charge in [0.1, 0.15) is 12.9 Å². The van der Waals surface area contributed by atoms with Crippen molar-refractivity contribution in [3.05, 3.63) is 75.3 Å². The normalized spacial score (nSPS) is 11.1. The van der Waals surface area contributed by atoms with Gasteiger partial charge in [0.25, 0.3) is 5.56 Å². The lowest BCUT2D eigenvalue weighted by molar-refractivity contribution is -0.116. The van der Waals surface area contributed by atoms with E-state index in [0.29, 0.717) is 5.65 Å². The summed E-state index contributed by atoms with van der Waals surface area (Å²) in [4.78, 5) is 29.7. The first-order valence-electron chi connectivity index (χ1n) is 9.59. The van der Waals surface area contributed by atoms with Gasteiger partial charge in [0.15, 0.2) is 11.2 Å². The van der Waals surface area contributed by atoms with E-state index in [1.807, 2.05) is 58.0 Å². The van der Waals surface area contributed by atoms with Gasteiger partial charge in [-0.05, 0) is 68.1 Å². The van der Waals surface area contributed by atoms with E-state index in [0.717, 1.165) is 33.6 Å². The summed E-state index contributed by atoms with van der Waals surface area (Å²) in [5, 5.41) is 11.0. The average molecular weight is 402 g/mol. The van der Waals surface area contributed by atoms with E-state index in [-0.39, 0.29) is 18.0 Å². The summed E-state index contributed by atoms with van der Waals surface area (Å²) in [6, 6.07) is 11.6. The number of hydrogen-bond donors (Lipinski definition) is 1. The Morgan fingerprint density at radius 3 is 2.53 bits per heavy atom. The fourth-order valence-corrected chi connectivity index (χ4v) is 3.43. The van der Waals surface area contributed by atoms with Crippen LogP contribution < -0.4 is 10.9 Å². The van der Waals surface area contributed by atoms with Crippen LogP contribution in [0.15, 0.2) is 47.5 Å². The fraction of sp³-hybridized carbons (Fsp3) is 0.227. The van der Waals surface area contributed by atoms with Gasteiger partial charge in [-0.2, -0.15) is 4.68 Å². The Bertz CT molecular complexity index is 1320. The Balaban J connectivity index is 1.64. The molecule has 1 N–H and O–H groups in total. The average Bonchev–Trinajstić information content (AvgIpc) is 3.12. The molecule has 0 radical (unpaired) electrons. The van der Waals surface area contributed by atoms with E-state index >= 15 is 0 Å². The Morgan fingerprint density at radius 2 is 1.80 bits per heavy atom. The first-order valence-corrected chi connectivity index (χ1v) is 9.59. The highest BCUT2D eigenvalue weighted by Crippen LogP contribution is 2.18. The molecule has 0 unspecified atom stereocenters. The largest absolute Gasteiger partial charge is 0.324 e. The Labute approximate surface area is 173 Å². The molecule has 152 valence electrons. The van der Waals surface area contributed by atoms with Gasteiger partial charge in [0, 0.05) is 5.69 Å². The molecule has 0 aliphatic carbocycles. The molecule has 0 atom stereocenters. The van der Waals surface area contributed by atoms with Gasteiger partial charge in [0.05, 0.1) is 5.69 Å². The lowest BCUT2D eigenvalue weighted by Crippen LogP contribution is -2.28. The van der Waals surface area contributed by atoms with E-state index in [1.165, 1.54) is 15.6 Å². The molecule has 0 aliphatic rings. The molecule has 2 heterocycles. The maximum Gasteiger partial charge on any atom is 0.284 e. The van der Waals surface area contributed by atoms with E-state index in [9.17, 15) is 9.59 Å². The van der Waals surface area contributed by atoms with Crippen LogP contribution in [0, 0.1) is 27.7 Å². The van der Waals surface area contributed by atoms with Crippen molar-refractivity contribution in [3.8, 4) is 5.69 Å². The van der Waals surface area contributed by atoms with Gasteiger partial charge in [-0.15, -0.1) is 5.10 Å². The molecule has 2 aromatic heterocycles. The Hall–Kier alpha value is -3.81. The third-order valence-electron chi connectivity index (χ3n) is 5.07. The number of anilines is 1. The number of fused-ring (bicyclic) bond motifs is 1. The number of aryl methyl sites for hydroxylation is 3. The van der Waals surface area contributed by atoms with Crippen LogP contribution in [0.4, 0.5) is 5.69 Å². The van der Waals surface area contributed by atoms with Crippen molar-refractivity contribution in [1.82, 2.24) is 24.5 Å². The number of rotatable bonds is 4. The first-order chi connectivity index (χ1) is 14.3. The number of hydrogen-bond acceptors (Lipinski definition) is 5. The van der Waals surface area contributed by atoms with Crippen molar-refractivity contribution in [2.75, 3.05) is 5.32 Å². The number of nitrogens with one attached hydrogen (secondary N) is 1. The maximum atomic E-state index is 12.8. The lowest BCUT2D eigenvalue weighted by Gasteiger charge is -2.11. The van der Waals surface area contributed by atoms with Crippen LogP contribution >= 0.6 is 0 Å². The zero-order valence-electron chi connectivity index (χ0n) is 17.3. The second-order valence-electron chi connectivity index (χ2n) is 7.49. The molecule has 8 nitrogen and oxygen atoms in total. The molecule has 1 amide bonds. The highest BCUT2D eigenvalue weighted by Gasteiger charge is 2.15. The minimum Gasteiger partial charge on any atom is -0.324 e. The summed E-state index contributed by atoms with van der Waals surface area (Å²) in [5.41, 5.74) is 5.80. The standard InChI is InChI=1S/C22H22N6O2/c1-13-8-14(2)10-17(9-13)28-21-20(25-26-28)22(30)27(12-23-21)11-19(29)24-18-7-5-6-15(3)16(18)4/h5-10,12H,11H2,1-4H3,(H,24,29). The van der Waals surface area contributed by atoms with E-state index in [4.69, 9.17) is 0 Å². The number of carbonyl (C=O) groups is 1. The van der Waals surface area contributed by atoms with Crippen LogP contribution in [0.2, 0.25) is 0 Å². The quantitative estimate of drug-likeness (QED) is 0.566. The number of carbonyl (C=O) groups excluding carboxylic acids is 1. The van der Waals surface area contributed by atoms with Crippen LogP contribution in [0.5, 0.6) is 0 Å². The SMILES string of the molecule is Cc1cc(C)cc(-n2nnc3c(=O)n(CC(=O)Nc4cccc(C)c4C)cnc32)c1. The van der Waals surface area contributed by atoms with E-state index in [1.54, 1.807) is 0 Å². The van der Waals surface area contributed by atoms with Crippen LogP contribution in [-0.2, 0) is 11.3 Å². The molecule has 0 bridgehead atoms. The monoisotopic (exact) mass is 402 g/mol. The molecule has 0 spiro atoms. The number of aromatic nitrogens is 5. The second-order valence-corrected chi connectivity index (χ2v) is 7.49. The van der Waals surface area contributed by atoms with Gasteiger partial charge < -0.3 is 5.32 Å². The molecule has 4 aromatic rings. The number of amides is 1. The topological polar surface area (TPSA) is 94.7 Å². The summed E-state index contributed by atoms with van der Waals surface area (Å²) in [6.07, 6.45) is 1.36. The van der Waals surface area contributed by atoms with Crippen LogP contribution in [-0.4, -0.2) is 30.5 Å². The molecule has 0 aliphatic heterocycles. The molecule has 8 heteroatoms. The van der Waals surface area contributed by atoms with Crippen molar-refractivity contribution < 1.29 is 4.79 Å². The molecular weight excluding hydrogens is 380 g/mol. The Kier molecular flexibility index (Phi) is 4.91. The van der Waals surface area contributed by atoms with Crippen molar-refractivity contribution in [3.63, 3.8) is 0 Å². The van der Waals surface area contributed by atoms with Crippen molar-refractivity contribution in [2.24, 2.45) is 0 Å². The van der Waals surface area contributed by atoms with Crippen molar-refractivity contribution in [2.45, 2.75) is 34.2 Å². The molecule has 4 rings (SSSR count). The highest BCUT2D eigenvalue weighted by atomic mass is 16.2. The Morgan fingerprint density at radius 1 is 1.07 bits per heavy atom. The van der Waals surface area contributed by atoms with Crippen LogP contribution in [0.1, 0.15) is 22.3 Å².